The number of hydrogen-bond acceptors (Lipinski definition) is 6. The molecule has 3 N–H and O–H groups in total. The summed E-state index contributed by atoms with van der Waals surface area (Å²) in [6.45, 7) is 11.3. The van der Waals surface area contributed by atoms with Gasteiger partial charge in [0.05, 0.1) is 18.1 Å². The minimum Gasteiger partial charge on any atom is -0.453 e. The van der Waals surface area contributed by atoms with E-state index >= 15 is 0 Å². The number of para-hydroxylation sites is 1. The molecule has 3 aromatic rings. The van der Waals surface area contributed by atoms with E-state index in [1.165, 1.54) is 7.11 Å². The Kier molecular flexibility index (Phi) is 7.53. The molecule has 2 aromatic heterocycles. The smallest absolute Gasteiger partial charge is 0.412 e. The van der Waals surface area contributed by atoms with Crippen molar-refractivity contribution in [2.24, 2.45) is 5.73 Å². The van der Waals surface area contributed by atoms with Crippen molar-refractivity contribution in [3.8, 4) is 0 Å². The maximum atomic E-state index is 11.8. The minimum atomic E-state index is -0.598. The van der Waals surface area contributed by atoms with E-state index < -0.39 is 11.6 Å². The second-order valence-electron chi connectivity index (χ2n) is 7.03. The third kappa shape index (κ3) is 5.21. The lowest BCUT2D eigenvalue weighted by Gasteiger charge is -2.22. The molecule has 8 heteroatoms. The van der Waals surface area contributed by atoms with Gasteiger partial charge < -0.3 is 19.8 Å². The van der Waals surface area contributed by atoms with Gasteiger partial charge in [0.1, 0.15) is 17.9 Å². The van der Waals surface area contributed by atoms with Crippen LogP contribution >= 0.6 is 0 Å². The summed E-state index contributed by atoms with van der Waals surface area (Å²) in [7, 11) is 1.31. The molecule has 158 valence electrons. The lowest BCUT2D eigenvalue weighted by Crippen LogP contribution is -2.37. The lowest BCUT2D eigenvalue weighted by molar-refractivity contribution is 0.125. The summed E-state index contributed by atoms with van der Waals surface area (Å²) in [6, 6.07) is 7.73. The first-order valence-electron chi connectivity index (χ1n) is 9.83. The van der Waals surface area contributed by atoms with Crippen molar-refractivity contribution in [3.63, 3.8) is 0 Å². The molecule has 0 aliphatic heterocycles. The number of fused-ring (bicyclic) bond motifs is 3. The lowest BCUT2D eigenvalue weighted by atomic mass is 10.1. The molecule has 0 fully saturated rings. The molecule has 0 bridgehead atoms. The Bertz CT molecular complexity index is 976. The van der Waals surface area contributed by atoms with Crippen LogP contribution in [0.2, 0.25) is 0 Å². The summed E-state index contributed by atoms with van der Waals surface area (Å²) in [4.78, 5) is 21.1. The topological polar surface area (TPSA) is 104 Å². The second-order valence-corrected chi connectivity index (χ2v) is 7.03. The van der Waals surface area contributed by atoms with Crippen LogP contribution in [-0.4, -0.2) is 39.9 Å². The fourth-order valence-corrected chi connectivity index (χ4v) is 3.00. The number of amides is 1. The van der Waals surface area contributed by atoms with Crippen LogP contribution in [0.15, 0.2) is 24.3 Å². The van der Waals surface area contributed by atoms with Crippen molar-refractivity contribution in [3.05, 3.63) is 30.1 Å². The average molecular weight is 402 g/mol. The van der Waals surface area contributed by atoms with Gasteiger partial charge in [-0.2, -0.15) is 0 Å². The van der Waals surface area contributed by atoms with Gasteiger partial charge in [-0.05, 0) is 26.8 Å². The van der Waals surface area contributed by atoms with Crippen LogP contribution in [0.5, 0.6) is 0 Å². The van der Waals surface area contributed by atoms with Gasteiger partial charge in [0.15, 0.2) is 5.82 Å². The highest BCUT2D eigenvalue weighted by Gasteiger charge is 2.23. The average Bonchev–Trinajstić information content (AvgIpc) is 3.05. The van der Waals surface area contributed by atoms with Crippen LogP contribution < -0.4 is 11.1 Å². The molecule has 0 saturated carbocycles. The van der Waals surface area contributed by atoms with E-state index in [1.807, 2.05) is 58.9 Å². The normalized spacial score (nSPS) is 11.3. The summed E-state index contributed by atoms with van der Waals surface area (Å²) < 4.78 is 12.4. The van der Waals surface area contributed by atoms with E-state index in [9.17, 15) is 4.79 Å². The molecular weight excluding hydrogens is 370 g/mol. The standard InChI is InChI=1S/C19H25N5O3.C2H6/c1-5-27-10-14-22-15-16(24(14)11-19(2,3)20)12-8-6-7-9-13(12)21-17(15)23-18(25)26-4;1-2/h6-9H,5,10-11,20H2,1-4H3,(H,21,23,25);1-2H3. The zero-order valence-electron chi connectivity index (χ0n) is 18.1. The quantitative estimate of drug-likeness (QED) is 0.645. The Hall–Kier alpha value is -2.71. The summed E-state index contributed by atoms with van der Waals surface area (Å²) in [5.74, 6) is 1.08. The highest BCUT2D eigenvalue weighted by atomic mass is 16.5. The SMILES string of the molecule is CC.CCOCc1nc2c(NC(=O)OC)nc3ccccc3c2n1CC(C)(C)N. The molecule has 29 heavy (non-hydrogen) atoms. The van der Waals surface area contributed by atoms with Crippen molar-refractivity contribution in [1.82, 2.24) is 14.5 Å². The highest BCUT2D eigenvalue weighted by Crippen LogP contribution is 2.31. The number of imidazole rings is 1. The van der Waals surface area contributed by atoms with E-state index in [2.05, 4.69) is 14.9 Å². The molecular formula is C21H31N5O3. The van der Waals surface area contributed by atoms with Crippen LogP contribution in [0.4, 0.5) is 10.6 Å². The van der Waals surface area contributed by atoms with Crippen molar-refractivity contribution in [1.29, 1.82) is 0 Å². The molecule has 8 nitrogen and oxygen atoms in total. The third-order valence-corrected chi connectivity index (χ3v) is 4.07. The predicted molar refractivity (Wildman–Crippen MR) is 116 cm³/mol. The molecule has 0 saturated heterocycles. The first kappa shape index (κ1) is 22.6. The maximum absolute atomic E-state index is 11.8. The Balaban J connectivity index is 0.00000145. The highest BCUT2D eigenvalue weighted by molar-refractivity contribution is 6.09. The number of methoxy groups -OCH3 is 1. The molecule has 0 radical (unpaired) electrons. The molecule has 0 atom stereocenters. The minimum absolute atomic E-state index is 0.341. The number of nitrogens with zero attached hydrogens (tertiary/aromatic N) is 3. The van der Waals surface area contributed by atoms with Gasteiger partial charge in [0.25, 0.3) is 0 Å². The van der Waals surface area contributed by atoms with Crippen LogP contribution in [0.1, 0.15) is 40.4 Å². The first-order chi connectivity index (χ1) is 13.8. The number of anilines is 1. The Morgan fingerprint density at radius 2 is 1.93 bits per heavy atom. The van der Waals surface area contributed by atoms with Crippen LogP contribution in [-0.2, 0) is 22.6 Å². The zero-order valence-corrected chi connectivity index (χ0v) is 18.1. The second kappa shape index (κ2) is 9.67. The number of carbonyl (C=O) groups excluding carboxylic acids is 1. The number of pyridine rings is 1. The predicted octanol–water partition coefficient (Wildman–Crippen LogP) is 4.06. The van der Waals surface area contributed by atoms with Gasteiger partial charge in [0.2, 0.25) is 0 Å². The molecule has 0 unspecified atom stereocenters. The van der Waals surface area contributed by atoms with E-state index in [4.69, 9.17) is 20.2 Å². The monoisotopic (exact) mass is 401 g/mol. The number of hydrogen-bond donors (Lipinski definition) is 2. The van der Waals surface area contributed by atoms with Crippen LogP contribution in [0.3, 0.4) is 0 Å². The van der Waals surface area contributed by atoms with Crippen molar-refractivity contribution in [2.45, 2.75) is 53.3 Å². The molecule has 0 spiro atoms. The van der Waals surface area contributed by atoms with Crippen molar-refractivity contribution < 1.29 is 14.3 Å². The van der Waals surface area contributed by atoms with Gasteiger partial charge in [-0.15, -0.1) is 0 Å². The van der Waals surface area contributed by atoms with Crippen LogP contribution in [0.25, 0.3) is 21.9 Å². The molecule has 1 amide bonds. The fraction of sp³-hybridized carbons (Fsp3) is 0.476. The molecule has 0 aliphatic carbocycles. The van der Waals surface area contributed by atoms with Gasteiger partial charge in [-0.3, -0.25) is 5.32 Å². The number of ether oxygens (including phenoxy) is 2. The summed E-state index contributed by atoms with van der Waals surface area (Å²) in [5.41, 5.74) is 8.03. The van der Waals surface area contributed by atoms with Gasteiger partial charge >= 0.3 is 6.09 Å². The largest absolute Gasteiger partial charge is 0.453 e. The molecule has 3 rings (SSSR count). The van der Waals surface area contributed by atoms with E-state index in [0.717, 1.165) is 22.2 Å². The number of nitrogens with two attached hydrogens (primary N) is 1. The number of nitrogens with one attached hydrogen (secondary N) is 1. The van der Waals surface area contributed by atoms with Crippen molar-refractivity contribution in [2.75, 3.05) is 19.0 Å². The Labute approximate surface area is 171 Å². The van der Waals surface area contributed by atoms with Crippen molar-refractivity contribution >= 4 is 33.8 Å². The molecule has 2 heterocycles. The zero-order chi connectivity index (χ0) is 21.6. The Morgan fingerprint density at radius 3 is 2.55 bits per heavy atom. The van der Waals surface area contributed by atoms with Gasteiger partial charge in [0, 0.05) is 24.1 Å². The van der Waals surface area contributed by atoms with Gasteiger partial charge in [-0.1, -0.05) is 32.0 Å². The Morgan fingerprint density at radius 1 is 1.24 bits per heavy atom. The number of benzene rings is 1. The fourth-order valence-electron chi connectivity index (χ4n) is 3.00. The summed E-state index contributed by atoms with van der Waals surface area (Å²) >= 11 is 0. The van der Waals surface area contributed by atoms with Gasteiger partial charge in [-0.25, -0.2) is 14.8 Å². The van der Waals surface area contributed by atoms with Crippen LogP contribution in [0, 0.1) is 0 Å². The number of aromatic nitrogens is 3. The van der Waals surface area contributed by atoms with E-state index in [-0.39, 0.29) is 0 Å². The number of carbonyl (C=O) groups is 1. The maximum Gasteiger partial charge on any atom is 0.412 e. The molecule has 0 aliphatic rings. The van der Waals surface area contributed by atoms with E-state index in [0.29, 0.717) is 31.1 Å². The summed E-state index contributed by atoms with van der Waals surface area (Å²) in [6.07, 6.45) is -0.598. The molecule has 1 aromatic carbocycles. The van der Waals surface area contributed by atoms with E-state index in [1.54, 1.807) is 0 Å². The summed E-state index contributed by atoms with van der Waals surface area (Å²) in [5, 5.41) is 3.60. The number of rotatable bonds is 6. The first-order valence-corrected chi connectivity index (χ1v) is 9.83. The third-order valence-electron chi connectivity index (χ3n) is 4.07.